The van der Waals surface area contributed by atoms with Gasteiger partial charge in [0.05, 0.1) is 12.0 Å². The molecule has 1 rings (SSSR count). The molecule has 2 nitrogen and oxygen atoms in total. The molecule has 0 radical (unpaired) electrons. The number of alkyl halides is 4. The average Bonchev–Trinajstić information content (AvgIpc) is 2.37. The maximum atomic E-state index is 12.4. The van der Waals surface area contributed by atoms with Gasteiger partial charge in [0.2, 0.25) is 5.91 Å². The molecule has 0 atom stereocenters. The molecule has 0 bridgehead atoms. The van der Waals surface area contributed by atoms with Crippen LogP contribution in [0.4, 0.5) is 13.2 Å². The molecule has 0 N–H and O–H groups in total. The molecule has 0 heterocycles. The lowest BCUT2D eigenvalue weighted by molar-refractivity contribution is -0.137. The topological polar surface area (TPSA) is 20.3 Å². The van der Waals surface area contributed by atoms with E-state index in [1.54, 1.807) is 11.9 Å². The van der Waals surface area contributed by atoms with Gasteiger partial charge in [-0.15, -0.1) is 0 Å². The van der Waals surface area contributed by atoms with Crippen LogP contribution in [0.5, 0.6) is 0 Å². The van der Waals surface area contributed by atoms with Crippen LogP contribution in [-0.4, -0.2) is 28.7 Å². The molecule has 0 aliphatic rings. The van der Waals surface area contributed by atoms with Crippen molar-refractivity contribution in [3.05, 3.63) is 35.4 Å². The first-order valence-corrected chi connectivity index (χ1v) is 7.19. The third-order valence-corrected chi connectivity index (χ3v) is 4.62. The molecule has 0 saturated carbocycles. The number of likely N-dealkylation sites (N-methyl/N-ethyl adjacent to an activating group) is 1. The minimum absolute atomic E-state index is 0.0884. The van der Waals surface area contributed by atoms with Crippen molar-refractivity contribution in [2.24, 2.45) is 0 Å². The first-order valence-electron chi connectivity index (χ1n) is 6.06. The summed E-state index contributed by atoms with van der Waals surface area (Å²) in [6.07, 6.45) is -4.26. The van der Waals surface area contributed by atoms with Gasteiger partial charge in [-0.25, -0.2) is 0 Å². The summed E-state index contributed by atoms with van der Waals surface area (Å²) in [5.41, 5.74) is -0.480. The molecule has 6 heteroatoms. The van der Waals surface area contributed by atoms with Gasteiger partial charge >= 0.3 is 6.18 Å². The predicted octanol–water partition coefficient (Wildman–Crippen LogP) is 3.88. The van der Waals surface area contributed by atoms with Gasteiger partial charge in [-0.1, -0.05) is 28.1 Å². The first kappa shape index (κ1) is 17.0. The van der Waals surface area contributed by atoms with Gasteiger partial charge in [-0.3, -0.25) is 4.79 Å². The molecule has 112 valence electrons. The molecule has 1 amide bonds. The SMILES string of the molecule is CN(C(=O)Cc1ccc(C(F)(F)F)cc1)C(C)(C)CBr. The van der Waals surface area contributed by atoms with E-state index in [9.17, 15) is 18.0 Å². The zero-order valence-electron chi connectivity index (χ0n) is 11.6. The number of amides is 1. The smallest absolute Gasteiger partial charge is 0.340 e. The Kier molecular flexibility index (Phi) is 5.24. The summed E-state index contributed by atoms with van der Waals surface area (Å²) in [6.45, 7) is 3.82. The van der Waals surface area contributed by atoms with Crippen molar-refractivity contribution < 1.29 is 18.0 Å². The first-order chi connectivity index (χ1) is 9.08. The van der Waals surface area contributed by atoms with Gasteiger partial charge in [-0.05, 0) is 31.5 Å². The summed E-state index contributed by atoms with van der Waals surface area (Å²) < 4.78 is 37.3. The van der Waals surface area contributed by atoms with E-state index in [1.165, 1.54) is 12.1 Å². The normalized spacial score (nSPS) is 12.3. The van der Waals surface area contributed by atoms with Crippen molar-refractivity contribution in [2.75, 3.05) is 12.4 Å². The Bertz CT molecular complexity index is 468. The van der Waals surface area contributed by atoms with Crippen LogP contribution >= 0.6 is 15.9 Å². The predicted molar refractivity (Wildman–Crippen MR) is 75.8 cm³/mol. The highest BCUT2D eigenvalue weighted by molar-refractivity contribution is 9.09. The van der Waals surface area contributed by atoms with Crippen molar-refractivity contribution in [1.29, 1.82) is 0 Å². The summed E-state index contributed by atoms with van der Waals surface area (Å²) in [5, 5.41) is 0.620. The summed E-state index contributed by atoms with van der Waals surface area (Å²) in [5.74, 6) is -0.130. The van der Waals surface area contributed by atoms with Crippen LogP contribution in [0, 0.1) is 0 Å². The van der Waals surface area contributed by atoms with Crippen molar-refractivity contribution in [3.63, 3.8) is 0 Å². The Morgan fingerprint density at radius 3 is 2.10 bits per heavy atom. The highest BCUT2D eigenvalue weighted by Crippen LogP contribution is 2.29. The second-order valence-corrected chi connectivity index (χ2v) is 5.83. The third kappa shape index (κ3) is 4.23. The van der Waals surface area contributed by atoms with Gasteiger partial charge in [-0.2, -0.15) is 13.2 Å². The van der Waals surface area contributed by atoms with Crippen molar-refractivity contribution in [2.45, 2.75) is 32.0 Å². The third-order valence-electron chi connectivity index (χ3n) is 3.25. The fraction of sp³-hybridized carbons (Fsp3) is 0.500. The quantitative estimate of drug-likeness (QED) is 0.753. The number of rotatable bonds is 4. The van der Waals surface area contributed by atoms with E-state index in [0.717, 1.165) is 12.1 Å². The minimum Gasteiger partial charge on any atom is -0.340 e. The molecule has 0 aromatic heterocycles. The number of nitrogens with zero attached hydrogens (tertiary/aromatic N) is 1. The number of benzene rings is 1. The number of halogens is 4. The van der Waals surface area contributed by atoms with Crippen LogP contribution in [0.15, 0.2) is 24.3 Å². The molecule has 20 heavy (non-hydrogen) atoms. The number of hydrogen-bond acceptors (Lipinski definition) is 1. The summed E-state index contributed by atoms with van der Waals surface area (Å²) in [7, 11) is 1.69. The molecular weight excluding hydrogens is 335 g/mol. The van der Waals surface area contributed by atoms with E-state index in [1.807, 2.05) is 13.8 Å². The molecular formula is C14H17BrF3NO. The van der Waals surface area contributed by atoms with Crippen molar-refractivity contribution >= 4 is 21.8 Å². The van der Waals surface area contributed by atoms with Gasteiger partial charge in [0.15, 0.2) is 0 Å². The van der Waals surface area contributed by atoms with Crippen LogP contribution in [0.2, 0.25) is 0 Å². The minimum atomic E-state index is -4.35. The molecule has 1 aromatic carbocycles. The Hall–Kier alpha value is -1.04. The number of hydrogen-bond donors (Lipinski definition) is 0. The Labute approximate surface area is 125 Å². The molecule has 0 fully saturated rings. The Balaban J connectivity index is 2.77. The van der Waals surface area contributed by atoms with E-state index < -0.39 is 11.7 Å². The molecule has 0 saturated heterocycles. The fourth-order valence-electron chi connectivity index (χ4n) is 1.53. The standard InChI is InChI=1S/C14H17BrF3NO/c1-13(2,9-15)19(3)12(20)8-10-4-6-11(7-5-10)14(16,17)18/h4-7H,8-9H2,1-3H3. The van der Waals surface area contributed by atoms with Crippen LogP contribution in [0.1, 0.15) is 25.0 Å². The lowest BCUT2D eigenvalue weighted by Crippen LogP contribution is -2.46. The highest BCUT2D eigenvalue weighted by Gasteiger charge is 2.30. The van der Waals surface area contributed by atoms with Gasteiger partial charge in [0.1, 0.15) is 0 Å². The molecule has 0 unspecified atom stereocenters. The molecule has 1 aromatic rings. The fourth-order valence-corrected chi connectivity index (χ4v) is 1.91. The lowest BCUT2D eigenvalue weighted by Gasteiger charge is -2.34. The zero-order valence-corrected chi connectivity index (χ0v) is 13.2. The molecule has 0 aliphatic heterocycles. The van der Waals surface area contributed by atoms with E-state index in [2.05, 4.69) is 15.9 Å². The van der Waals surface area contributed by atoms with E-state index in [-0.39, 0.29) is 17.9 Å². The van der Waals surface area contributed by atoms with Crippen molar-refractivity contribution in [3.8, 4) is 0 Å². The van der Waals surface area contributed by atoms with Gasteiger partial charge in [0.25, 0.3) is 0 Å². The highest BCUT2D eigenvalue weighted by atomic mass is 79.9. The van der Waals surface area contributed by atoms with Crippen LogP contribution < -0.4 is 0 Å². The summed E-state index contributed by atoms with van der Waals surface area (Å²) >= 11 is 3.34. The van der Waals surface area contributed by atoms with E-state index in [0.29, 0.717) is 10.9 Å². The second kappa shape index (κ2) is 6.16. The van der Waals surface area contributed by atoms with Gasteiger partial charge < -0.3 is 4.90 Å². The Morgan fingerprint density at radius 1 is 1.20 bits per heavy atom. The monoisotopic (exact) mass is 351 g/mol. The van der Waals surface area contributed by atoms with E-state index >= 15 is 0 Å². The van der Waals surface area contributed by atoms with Gasteiger partial charge in [0, 0.05) is 17.9 Å². The summed E-state index contributed by atoms with van der Waals surface area (Å²) in [6, 6.07) is 4.68. The maximum absolute atomic E-state index is 12.4. The van der Waals surface area contributed by atoms with Crippen LogP contribution in [-0.2, 0) is 17.4 Å². The second-order valence-electron chi connectivity index (χ2n) is 5.27. The summed E-state index contributed by atoms with van der Waals surface area (Å²) in [4.78, 5) is 13.7. The van der Waals surface area contributed by atoms with Crippen LogP contribution in [0.25, 0.3) is 0 Å². The number of carbonyl (C=O) groups excluding carboxylic acids is 1. The molecule has 0 aliphatic carbocycles. The molecule has 0 spiro atoms. The number of carbonyl (C=O) groups is 1. The Morgan fingerprint density at radius 2 is 1.70 bits per heavy atom. The average molecular weight is 352 g/mol. The largest absolute Gasteiger partial charge is 0.416 e. The maximum Gasteiger partial charge on any atom is 0.416 e. The van der Waals surface area contributed by atoms with Crippen LogP contribution in [0.3, 0.4) is 0 Å². The zero-order chi connectivity index (χ0) is 15.6. The van der Waals surface area contributed by atoms with Crippen molar-refractivity contribution in [1.82, 2.24) is 4.90 Å². The van der Waals surface area contributed by atoms with E-state index in [4.69, 9.17) is 0 Å². The lowest BCUT2D eigenvalue weighted by atomic mass is 10.0.